The van der Waals surface area contributed by atoms with Crippen LogP contribution < -0.4 is 0 Å². The predicted octanol–water partition coefficient (Wildman–Crippen LogP) is 1.99. The average Bonchev–Trinajstić information content (AvgIpc) is 1.65. The number of halogens is 2. The number of hydrogen-bond acceptors (Lipinski definition) is 1. The molecular weight excluding hydrogens is 165 g/mol. The molecule has 0 spiro atoms. The van der Waals surface area contributed by atoms with Crippen molar-refractivity contribution in [2.75, 3.05) is 0 Å². The number of rotatable bonds is 0. The number of nitrogens with zero attached hydrogens (tertiary/aromatic N) is 1. The van der Waals surface area contributed by atoms with E-state index in [1.54, 1.807) is 6.07 Å². The fourth-order valence-corrected chi connectivity index (χ4v) is 0.0732. The van der Waals surface area contributed by atoms with Crippen LogP contribution in [0.2, 0.25) is 0 Å². The first-order valence-electron chi connectivity index (χ1n) is 1.17. The second kappa shape index (κ2) is 3.20. The van der Waals surface area contributed by atoms with Gasteiger partial charge in [-0.25, -0.2) is 0 Å². The van der Waals surface area contributed by atoms with Crippen LogP contribution in [0.1, 0.15) is 0 Å². The van der Waals surface area contributed by atoms with E-state index in [1.165, 1.54) is 5.54 Å². The summed E-state index contributed by atoms with van der Waals surface area (Å²) < 4.78 is 0.351. The Hall–Kier alpha value is -0.0000000000000000555. The Morgan fingerprint density at radius 3 is 2.50 bits per heavy atom. The van der Waals surface area contributed by atoms with Crippen LogP contribution in [0.5, 0.6) is 0 Å². The lowest BCUT2D eigenvalue weighted by atomic mass is 10.7. The fourth-order valence-electron chi connectivity index (χ4n) is 0.0244. The van der Waals surface area contributed by atoms with Crippen molar-refractivity contribution in [2.24, 2.45) is 0 Å². The fraction of sp³-hybridized carbons (Fsp3) is 0. The van der Waals surface area contributed by atoms with Gasteiger partial charge in [0.15, 0.2) is 0 Å². The van der Waals surface area contributed by atoms with Crippen LogP contribution in [0, 0.1) is 11.3 Å². The van der Waals surface area contributed by atoms with Crippen molar-refractivity contribution in [2.45, 2.75) is 0 Å². The van der Waals surface area contributed by atoms with Gasteiger partial charge in [0.2, 0.25) is 0 Å². The normalized spacial score (nSPS) is 10.5. The Labute approximate surface area is 49.3 Å². The highest BCUT2D eigenvalue weighted by molar-refractivity contribution is 9.12. The van der Waals surface area contributed by atoms with E-state index in [2.05, 4.69) is 15.9 Å². The number of nitriles is 1. The quantitative estimate of drug-likeness (QED) is 0.505. The monoisotopic (exact) mass is 165 g/mol. The standard InChI is InChI=1S/C3HBrClN/c4-3(1-5)2-6/h1H/b3-1-. The summed E-state index contributed by atoms with van der Waals surface area (Å²) in [5.74, 6) is 0. The molecule has 0 aromatic rings. The average molecular weight is 166 g/mol. The van der Waals surface area contributed by atoms with Crippen LogP contribution in [0.25, 0.3) is 0 Å². The first-order chi connectivity index (χ1) is 2.81. The number of hydrogen-bond donors (Lipinski definition) is 0. The van der Waals surface area contributed by atoms with Crippen LogP contribution in [0.3, 0.4) is 0 Å². The van der Waals surface area contributed by atoms with E-state index in [4.69, 9.17) is 16.9 Å². The van der Waals surface area contributed by atoms with Gasteiger partial charge < -0.3 is 0 Å². The Morgan fingerprint density at radius 1 is 2.00 bits per heavy atom. The summed E-state index contributed by atoms with van der Waals surface area (Å²) in [6.45, 7) is 0. The molecule has 0 heterocycles. The Morgan fingerprint density at radius 2 is 2.50 bits per heavy atom. The molecule has 0 amide bonds. The molecule has 0 aromatic carbocycles. The lowest BCUT2D eigenvalue weighted by Crippen LogP contribution is -1.49. The van der Waals surface area contributed by atoms with Crippen molar-refractivity contribution < 1.29 is 0 Å². The van der Waals surface area contributed by atoms with Crippen molar-refractivity contribution in [1.82, 2.24) is 0 Å². The third-order valence-electron chi connectivity index (χ3n) is 0.203. The molecule has 0 fully saturated rings. The SMILES string of the molecule is N#C/C(Br)=C/Cl. The molecule has 0 aliphatic rings. The molecule has 0 saturated heterocycles. The highest BCUT2D eigenvalue weighted by Crippen LogP contribution is 2.01. The van der Waals surface area contributed by atoms with E-state index in [0.29, 0.717) is 4.48 Å². The first kappa shape index (κ1) is 6.00. The van der Waals surface area contributed by atoms with Gasteiger partial charge in [0.1, 0.15) is 10.6 Å². The second-order valence-electron chi connectivity index (χ2n) is 0.569. The molecule has 0 atom stereocenters. The number of allylic oxidation sites excluding steroid dienone is 1. The van der Waals surface area contributed by atoms with Crippen LogP contribution in [0.4, 0.5) is 0 Å². The van der Waals surface area contributed by atoms with Crippen LogP contribution >= 0.6 is 27.5 Å². The summed E-state index contributed by atoms with van der Waals surface area (Å²) in [7, 11) is 0. The van der Waals surface area contributed by atoms with Crippen molar-refractivity contribution in [1.29, 1.82) is 5.26 Å². The smallest absolute Gasteiger partial charge is 0.108 e. The van der Waals surface area contributed by atoms with Crippen molar-refractivity contribution in [3.63, 3.8) is 0 Å². The summed E-state index contributed by atoms with van der Waals surface area (Å²) in [6.07, 6.45) is 0. The van der Waals surface area contributed by atoms with E-state index in [9.17, 15) is 0 Å². The molecule has 0 aliphatic carbocycles. The van der Waals surface area contributed by atoms with Crippen molar-refractivity contribution >= 4 is 27.5 Å². The second-order valence-corrected chi connectivity index (χ2v) is 1.64. The summed E-state index contributed by atoms with van der Waals surface area (Å²) in [6, 6.07) is 1.76. The van der Waals surface area contributed by atoms with Gasteiger partial charge in [-0.15, -0.1) is 0 Å². The maximum absolute atomic E-state index is 7.89. The van der Waals surface area contributed by atoms with Crippen LogP contribution in [-0.2, 0) is 0 Å². The zero-order valence-electron chi connectivity index (χ0n) is 2.78. The summed E-state index contributed by atoms with van der Waals surface area (Å²) in [4.78, 5) is 0. The van der Waals surface area contributed by atoms with Crippen molar-refractivity contribution in [3.8, 4) is 6.07 Å². The van der Waals surface area contributed by atoms with Crippen molar-refractivity contribution in [3.05, 3.63) is 10.0 Å². The van der Waals surface area contributed by atoms with Gasteiger partial charge in [0, 0.05) is 5.54 Å². The lowest BCUT2D eigenvalue weighted by Gasteiger charge is -1.65. The molecule has 0 unspecified atom stereocenters. The summed E-state index contributed by atoms with van der Waals surface area (Å²) in [5.41, 5.74) is 1.17. The Balaban J connectivity index is 3.61. The Bertz CT molecular complexity index is 102. The molecule has 32 valence electrons. The molecule has 0 aromatic heterocycles. The minimum Gasteiger partial charge on any atom is -0.192 e. The molecule has 0 radical (unpaired) electrons. The molecule has 0 N–H and O–H groups in total. The maximum Gasteiger partial charge on any atom is 0.108 e. The molecular formula is C3HBrClN. The van der Waals surface area contributed by atoms with E-state index in [1.807, 2.05) is 0 Å². The van der Waals surface area contributed by atoms with Gasteiger partial charge in [0.05, 0.1) is 0 Å². The largest absolute Gasteiger partial charge is 0.192 e. The van der Waals surface area contributed by atoms with Gasteiger partial charge in [-0.1, -0.05) is 11.6 Å². The van der Waals surface area contributed by atoms with E-state index in [-0.39, 0.29) is 0 Å². The third kappa shape index (κ3) is 2.25. The van der Waals surface area contributed by atoms with Crippen LogP contribution in [0.15, 0.2) is 10.0 Å². The van der Waals surface area contributed by atoms with Gasteiger partial charge >= 0.3 is 0 Å². The topological polar surface area (TPSA) is 23.8 Å². The van der Waals surface area contributed by atoms with Crippen LogP contribution in [-0.4, -0.2) is 0 Å². The summed E-state index contributed by atoms with van der Waals surface area (Å²) >= 11 is 7.86. The molecule has 0 rings (SSSR count). The van der Waals surface area contributed by atoms with Gasteiger partial charge in [-0.3, -0.25) is 0 Å². The van der Waals surface area contributed by atoms with E-state index in [0.717, 1.165) is 0 Å². The van der Waals surface area contributed by atoms with Gasteiger partial charge in [-0.2, -0.15) is 5.26 Å². The molecule has 6 heavy (non-hydrogen) atoms. The highest BCUT2D eigenvalue weighted by Gasteiger charge is 1.76. The first-order valence-corrected chi connectivity index (χ1v) is 2.40. The molecule has 3 heteroatoms. The summed E-state index contributed by atoms with van der Waals surface area (Å²) in [5, 5.41) is 7.89. The highest BCUT2D eigenvalue weighted by atomic mass is 79.9. The molecule has 1 nitrogen and oxygen atoms in total. The molecule has 0 saturated carbocycles. The van der Waals surface area contributed by atoms with Gasteiger partial charge in [0.25, 0.3) is 0 Å². The maximum atomic E-state index is 7.89. The van der Waals surface area contributed by atoms with E-state index >= 15 is 0 Å². The van der Waals surface area contributed by atoms with Gasteiger partial charge in [-0.05, 0) is 15.9 Å². The third-order valence-corrected chi connectivity index (χ3v) is 1.09. The van der Waals surface area contributed by atoms with E-state index < -0.39 is 0 Å². The minimum absolute atomic E-state index is 0.351. The zero-order chi connectivity index (χ0) is 4.99. The minimum atomic E-state index is 0.351. The molecule has 0 bridgehead atoms. The Kier molecular flexibility index (Phi) is 3.20. The molecule has 0 aliphatic heterocycles. The lowest BCUT2D eigenvalue weighted by molar-refractivity contribution is 1.53. The zero-order valence-corrected chi connectivity index (χ0v) is 5.12. The predicted molar refractivity (Wildman–Crippen MR) is 28.5 cm³/mol.